The van der Waals surface area contributed by atoms with E-state index < -0.39 is 10.9 Å². The lowest BCUT2D eigenvalue weighted by Gasteiger charge is -2.59. The molecular weight excluding hydrogens is 637 g/mol. The van der Waals surface area contributed by atoms with Crippen LogP contribution in [-0.2, 0) is 20.4 Å². The van der Waals surface area contributed by atoms with Crippen LogP contribution in [0, 0.1) is 23.7 Å². The Kier molecular flexibility index (Phi) is 8.17. The summed E-state index contributed by atoms with van der Waals surface area (Å²) in [7, 11) is -0.676. The standard InChI is InChI=1S/C45H52O4S/c1-43(2,3)30-8-18-40-38(25-30)39-26-31(44(4,5)6)9-19-41(39)50(40)37-16-14-36(15-17-37)48-35-12-10-34(11-13-35)47-27-42(46)49-45(7)32-21-28-20-29(23-32)24-33(45)22-28/h8-19,25-26,28-29,32-33,50H,20-24,27H2,1-7H3. The van der Waals surface area contributed by atoms with Crippen molar-refractivity contribution >= 4 is 16.9 Å². The van der Waals surface area contributed by atoms with Crippen molar-refractivity contribution in [1.82, 2.24) is 0 Å². The van der Waals surface area contributed by atoms with E-state index in [1.165, 1.54) is 69.0 Å². The number of hydrogen-bond acceptors (Lipinski definition) is 4. The molecule has 4 fully saturated rings. The Labute approximate surface area is 301 Å². The summed E-state index contributed by atoms with van der Waals surface area (Å²) < 4.78 is 18.3. The fourth-order valence-electron chi connectivity index (χ4n) is 9.34. The summed E-state index contributed by atoms with van der Waals surface area (Å²) in [6.07, 6.45) is 6.22. The van der Waals surface area contributed by atoms with Crippen LogP contribution in [0.2, 0.25) is 0 Å². The highest BCUT2D eigenvalue weighted by atomic mass is 32.2. The predicted molar refractivity (Wildman–Crippen MR) is 203 cm³/mol. The first-order chi connectivity index (χ1) is 23.7. The number of carbonyl (C=O) groups excluding carboxylic acids is 1. The van der Waals surface area contributed by atoms with Gasteiger partial charge in [-0.2, -0.15) is 10.9 Å². The predicted octanol–water partition coefficient (Wildman–Crippen LogP) is 11.7. The van der Waals surface area contributed by atoms with Crippen LogP contribution >= 0.6 is 10.9 Å². The Morgan fingerprint density at radius 1 is 0.660 bits per heavy atom. The van der Waals surface area contributed by atoms with E-state index in [0.717, 1.165) is 23.3 Å². The Morgan fingerprint density at radius 3 is 1.60 bits per heavy atom. The molecule has 1 heterocycles. The minimum absolute atomic E-state index is 0.0756. The molecule has 0 radical (unpaired) electrons. The second kappa shape index (κ2) is 12.2. The molecule has 0 saturated heterocycles. The van der Waals surface area contributed by atoms with Crippen LogP contribution < -0.4 is 9.47 Å². The third kappa shape index (κ3) is 6.14. The Bertz CT molecular complexity index is 1820. The third-order valence-electron chi connectivity index (χ3n) is 12.1. The van der Waals surface area contributed by atoms with Crippen molar-refractivity contribution < 1.29 is 19.0 Å². The van der Waals surface area contributed by atoms with Gasteiger partial charge in [0, 0.05) is 9.79 Å². The van der Waals surface area contributed by atoms with Crippen LogP contribution in [0.5, 0.6) is 17.2 Å². The van der Waals surface area contributed by atoms with E-state index in [2.05, 4.69) is 109 Å². The first-order valence-corrected chi connectivity index (χ1v) is 19.9. The van der Waals surface area contributed by atoms with Crippen molar-refractivity contribution in [3.05, 3.63) is 96.1 Å². The van der Waals surface area contributed by atoms with Crippen LogP contribution in [0.1, 0.15) is 91.7 Å². The fourth-order valence-corrected chi connectivity index (χ4v) is 11.9. The summed E-state index contributed by atoms with van der Waals surface area (Å²) in [5.41, 5.74) is 5.33. The highest BCUT2D eigenvalue weighted by molar-refractivity contribution is 8.17. The van der Waals surface area contributed by atoms with Crippen molar-refractivity contribution in [2.45, 2.75) is 112 Å². The third-order valence-corrected chi connectivity index (χ3v) is 14.7. The highest BCUT2D eigenvalue weighted by Crippen LogP contribution is 2.63. The van der Waals surface area contributed by atoms with Crippen molar-refractivity contribution in [2.75, 3.05) is 6.61 Å². The number of carbonyl (C=O) groups is 1. The average Bonchev–Trinajstić information content (AvgIpc) is 3.39. The molecule has 9 rings (SSSR count). The molecule has 5 aliphatic rings. The number of rotatable bonds is 7. The van der Waals surface area contributed by atoms with E-state index in [1.807, 2.05) is 24.3 Å². The Balaban J connectivity index is 0.933. The largest absolute Gasteiger partial charge is 0.482 e. The molecule has 4 aromatic carbocycles. The van der Waals surface area contributed by atoms with Crippen LogP contribution in [0.25, 0.3) is 11.1 Å². The lowest BCUT2D eigenvalue weighted by Crippen LogP contribution is -2.58. The van der Waals surface area contributed by atoms with Gasteiger partial charge in [-0.25, -0.2) is 4.79 Å². The van der Waals surface area contributed by atoms with Gasteiger partial charge in [0.05, 0.1) is 0 Å². The molecule has 0 amide bonds. The minimum atomic E-state index is -0.676. The summed E-state index contributed by atoms with van der Waals surface area (Å²) in [4.78, 5) is 17.1. The van der Waals surface area contributed by atoms with Crippen molar-refractivity contribution in [1.29, 1.82) is 0 Å². The molecule has 262 valence electrons. The lowest BCUT2D eigenvalue weighted by molar-refractivity contribution is -0.204. The molecular formula is C45H52O4S. The van der Waals surface area contributed by atoms with Gasteiger partial charge in [0.1, 0.15) is 22.8 Å². The van der Waals surface area contributed by atoms with Crippen LogP contribution in [0.15, 0.2) is 99.6 Å². The number of esters is 1. The maximum atomic E-state index is 12.9. The van der Waals surface area contributed by atoms with Gasteiger partial charge in [-0.05, 0) is 173 Å². The molecule has 0 atom stereocenters. The van der Waals surface area contributed by atoms with Gasteiger partial charge in [-0.3, -0.25) is 0 Å². The fraction of sp³-hybridized carbons (Fsp3) is 0.444. The number of ether oxygens (including phenoxy) is 3. The summed E-state index contributed by atoms with van der Waals surface area (Å²) in [6.45, 7) is 15.8. The highest BCUT2D eigenvalue weighted by Gasteiger charge is 2.57. The summed E-state index contributed by atoms with van der Waals surface area (Å²) in [5, 5.41) is 0. The van der Waals surface area contributed by atoms with Crippen molar-refractivity contribution in [2.24, 2.45) is 23.7 Å². The molecule has 4 nitrogen and oxygen atoms in total. The number of hydrogen-bond donors (Lipinski definition) is 1. The smallest absolute Gasteiger partial charge is 0.344 e. The minimum Gasteiger partial charge on any atom is -0.482 e. The van der Waals surface area contributed by atoms with E-state index >= 15 is 0 Å². The quantitative estimate of drug-likeness (QED) is 0.137. The Hall–Kier alpha value is -3.70. The Morgan fingerprint density at radius 2 is 1.12 bits per heavy atom. The molecule has 4 aliphatic carbocycles. The normalized spacial score (nSPS) is 25.6. The van der Waals surface area contributed by atoms with Gasteiger partial charge in [-0.15, -0.1) is 0 Å². The molecule has 0 N–H and O–H groups in total. The first kappa shape index (κ1) is 33.4. The second-order valence-electron chi connectivity index (χ2n) is 17.6. The molecule has 4 saturated carbocycles. The zero-order chi connectivity index (χ0) is 35.0. The number of thiol groups is 1. The van der Waals surface area contributed by atoms with Crippen LogP contribution in [-0.4, -0.2) is 18.2 Å². The molecule has 0 spiro atoms. The van der Waals surface area contributed by atoms with E-state index in [0.29, 0.717) is 17.6 Å². The number of fused-ring (bicyclic) bond motifs is 3. The molecule has 0 unspecified atom stereocenters. The lowest BCUT2D eigenvalue weighted by atomic mass is 9.50. The van der Waals surface area contributed by atoms with Crippen LogP contribution in [0.3, 0.4) is 0 Å². The second-order valence-corrected chi connectivity index (χ2v) is 19.8. The van der Waals surface area contributed by atoms with Gasteiger partial charge in [-0.1, -0.05) is 53.7 Å². The molecule has 4 bridgehead atoms. The topological polar surface area (TPSA) is 44.8 Å². The van der Waals surface area contributed by atoms with E-state index in [1.54, 1.807) is 0 Å². The maximum Gasteiger partial charge on any atom is 0.344 e. The van der Waals surface area contributed by atoms with Gasteiger partial charge in [0.25, 0.3) is 0 Å². The van der Waals surface area contributed by atoms with Gasteiger partial charge in [0.15, 0.2) is 6.61 Å². The summed E-state index contributed by atoms with van der Waals surface area (Å²) in [5.74, 6) is 4.56. The average molecular weight is 689 g/mol. The zero-order valence-corrected chi connectivity index (χ0v) is 31.6. The summed E-state index contributed by atoms with van der Waals surface area (Å²) >= 11 is 0. The maximum absolute atomic E-state index is 12.9. The van der Waals surface area contributed by atoms with Crippen molar-refractivity contribution in [3.63, 3.8) is 0 Å². The van der Waals surface area contributed by atoms with Gasteiger partial charge >= 0.3 is 5.97 Å². The monoisotopic (exact) mass is 688 g/mol. The van der Waals surface area contributed by atoms with E-state index in [4.69, 9.17) is 14.2 Å². The molecule has 1 aliphatic heterocycles. The first-order valence-electron chi connectivity index (χ1n) is 18.6. The molecule has 4 aromatic rings. The number of benzene rings is 4. The molecule has 50 heavy (non-hydrogen) atoms. The summed E-state index contributed by atoms with van der Waals surface area (Å²) in [6, 6.07) is 30.3. The van der Waals surface area contributed by atoms with E-state index in [-0.39, 0.29) is 29.0 Å². The SMILES string of the molecule is CC(C)(C)c1ccc2c(c1)-c1cc(C(C)(C)C)ccc1[SH]2c1ccc(Oc2ccc(OCC(=O)OC3(C)C4CC5CC(C4)CC3C5)cc2)cc1. The van der Waals surface area contributed by atoms with Gasteiger partial charge < -0.3 is 14.2 Å². The molecule has 0 aromatic heterocycles. The van der Waals surface area contributed by atoms with Gasteiger partial charge in [0.2, 0.25) is 0 Å². The van der Waals surface area contributed by atoms with Crippen molar-refractivity contribution in [3.8, 4) is 28.4 Å². The van der Waals surface area contributed by atoms with E-state index in [9.17, 15) is 4.79 Å². The zero-order valence-electron chi connectivity index (χ0n) is 30.7. The molecule has 5 heteroatoms. The van der Waals surface area contributed by atoms with Crippen LogP contribution in [0.4, 0.5) is 0 Å².